The minimum atomic E-state index is -0.159. The normalized spacial score (nSPS) is 12.2. The van der Waals surface area contributed by atoms with Crippen molar-refractivity contribution in [1.82, 2.24) is 0 Å². The molecule has 1 atom stereocenters. The van der Waals surface area contributed by atoms with Crippen molar-refractivity contribution in [3.05, 3.63) is 19.6 Å². The number of carbonyl (C=O) groups is 1. The van der Waals surface area contributed by atoms with Crippen molar-refractivity contribution in [3.8, 4) is 0 Å². The highest BCUT2D eigenvalue weighted by atomic mass is 16.5. The maximum atomic E-state index is 11.0. The summed E-state index contributed by atoms with van der Waals surface area (Å²) in [5, 5.41) is 0. The van der Waals surface area contributed by atoms with Crippen LogP contribution in [0.5, 0.6) is 0 Å². The monoisotopic (exact) mass is 155 g/mol. The molecule has 0 fully saturated rings. The number of carbonyl (C=O) groups excluding carboxylic acids is 1. The Balaban J connectivity index is 3.54. The number of hydrogen-bond acceptors (Lipinski definition) is 2. The first kappa shape index (κ1) is 10.2. The molecule has 2 heteroatoms. The molecule has 0 saturated heterocycles. The Bertz CT molecular complexity index is 130. The van der Waals surface area contributed by atoms with Gasteiger partial charge in [-0.2, -0.15) is 0 Å². The molecular weight excluding hydrogens is 140 g/mol. The van der Waals surface area contributed by atoms with Gasteiger partial charge in [0.25, 0.3) is 0 Å². The van der Waals surface area contributed by atoms with E-state index in [9.17, 15) is 4.79 Å². The Labute approximate surface area is 68.2 Å². The molecule has 0 aliphatic heterocycles. The van der Waals surface area contributed by atoms with Crippen LogP contribution < -0.4 is 0 Å². The summed E-state index contributed by atoms with van der Waals surface area (Å²) in [5.41, 5.74) is 0. The van der Waals surface area contributed by atoms with Crippen LogP contribution in [0.4, 0.5) is 0 Å². The predicted octanol–water partition coefficient (Wildman–Crippen LogP) is 1.97. The zero-order valence-electron chi connectivity index (χ0n) is 7.01. The molecule has 0 aliphatic rings. The van der Waals surface area contributed by atoms with E-state index in [4.69, 9.17) is 4.74 Å². The fourth-order valence-corrected chi connectivity index (χ4v) is 0.707. The number of hydrogen-bond donors (Lipinski definition) is 0. The van der Waals surface area contributed by atoms with Crippen molar-refractivity contribution < 1.29 is 9.53 Å². The van der Waals surface area contributed by atoms with E-state index in [0.29, 0.717) is 6.61 Å². The van der Waals surface area contributed by atoms with E-state index in [0.717, 1.165) is 12.8 Å². The van der Waals surface area contributed by atoms with Crippen molar-refractivity contribution >= 4 is 5.97 Å². The zero-order chi connectivity index (χ0) is 8.69. The topological polar surface area (TPSA) is 26.3 Å². The van der Waals surface area contributed by atoms with Gasteiger partial charge in [-0.15, -0.1) is 0 Å². The van der Waals surface area contributed by atoms with Gasteiger partial charge in [0.15, 0.2) is 0 Å². The van der Waals surface area contributed by atoms with E-state index >= 15 is 0 Å². The lowest BCUT2D eigenvalue weighted by molar-refractivity contribution is -0.146. The van der Waals surface area contributed by atoms with Gasteiger partial charge >= 0.3 is 5.97 Å². The summed E-state index contributed by atoms with van der Waals surface area (Å²) in [7, 11) is 0. The average molecular weight is 155 g/mol. The van der Waals surface area contributed by atoms with E-state index in [-0.39, 0.29) is 11.9 Å². The molecule has 2 nitrogen and oxygen atoms in total. The third-order valence-electron chi connectivity index (χ3n) is 1.38. The van der Waals surface area contributed by atoms with Crippen molar-refractivity contribution in [3.63, 3.8) is 0 Å². The highest BCUT2D eigenvalue weighted by Crippen LogP contribution is 2.06. The molecule has 0 rings (SSSR count). The molecule has 0 bridgehead atoms. The van der Waals surface area contributed by atoms with Gasteiger partial charge in [0, 0.05) is 0 Å². The Hall–Kier alpha value is -0.790. The molecule has 0 aliphatic carbocycles. The Morgan fingerprint density at radius 3 is 2.82 bits per heavy atom. The molecule has 1 radical (unpaired) electrons. The quantitative estimate of drug-likeness (QED) is 0.448. The van der Waals surface area contributed by atoms with Crippen LogP contribution in [0, 0.1) is 12.8 Å². The Morgan fingerprint density at radius 2 is 2.36 bits per heavy atom. The van der Waals surface area contributed by atoms with Crippen molar-refractivity contribution in [1.29, 1.82) is 0 Å². The first-order valence-corrected chi connectivity index (χ1v) is 3.79. The highest BCUT2D eigenvalue weighted by molar-refractivity contribution is 5.71. The van der Waals surface area contributed by atoms with Gasteiger partial charge in [-0.3, -0.25) is 4.79 Å². The number of esters is 1. The summed E-state index contributed by atoms with van der Waals surface area (Å²) in [5.74, 6) is -0.194. The molecule has 0 aromatic rings. The maximum Gasteiger partial charge on any atom is 0.308 e. The van der Waals surface area contributed by atoms with Crippen LogP contribution in [0.25, 0.3) is 0 Å². The largest absolute Gasteiger partial charge is 0.461 e. The maximum absolute atomic E-state index is 11.0. The van der Waals surface area contributed by atoms with Gasteiger partial charge in [0.1, 0.15) is 6.61 Å². The lowest BCUT2D eigenvalue weighted by Gasteiger charge is -2.07. The average Bonchev–Trinajstić information content (AvgIpc) is 2.00. The second-order valence-electron chi connectivity index (χ2n) is 2.46. The van der Waals surface area contributed by atoms with Crippen LogP contribution in [0.15, 0.2) is 12.7 Å². The molecule has 0 aromatic carbocycles. The summed E-state index contributed by atoms with van der Waals surface area (Å²) in [6.07, 6.45) is 3.12. The summed E-state index contributed by atoms with van der Waals surface area (Å²) >= 11 is 0. The Kier molecular flexibility index (Phi) is 5.53. The third kappa shape index (κ3) is 4.59. The first-order chi connectivity index (χ1) is 5.22. The van der Waals surface area contributed by atoms with Crippen LogP contribution in [0.2, 0.25) is 0 Å². The Morgan fingerprint density at radius 1 is 1.73 bits per heavy atom. The highest BCUT2D eigenvalue weighted by Gasteiger charge is 2.11. The number of ether oxygens (including phenoxy) is 1. The second kappa shape index (κ2) is 5.96. The van der Waals surface area contributed by atoms with E-state index in [1.54, 1.807) is 6.08 Å². The van der Waals surface area contributed by atoms with Crippen LogP contribution in [0.1, 0.15) is 19.8 Å². The van der Waals surface area contributed by atoms with Gasteiger partial charge in [0.05, 0.1) is 5.92 Å². The van der Waals surface area contributed by atoms with Crippen LogP contribution in [-0.4, -0.2) is 12.6 Å². The second-order valence-corrected chi connectivity index (χ2v) is 2.46. The molecule has 1 unspecified atom stereocenters. The molecular formula is C9H15O2. The fourth-order valence-electron chi connectivity index (χ4n) is 0.707. The smallest absolute Gasteiger partial charge is 0.308 e. The minimum Gasteiger partial charge on any atom is -0.461 e. The van der Waals surface area contributed by atoms with Crippen molar-refractivity contribution in [2.75, 3.05) is 6.61 Å². The van der Waals surface area contributed by atoms with Gasteiger partial charge < -0.3 is 4.74 Å². The summed E-state index contributed by atoms with van der Waals surface area (Å²) in [4.78, 5) is 11.0. The summed E-state index contributed by atoms with van der Waals surface area (Å²) in [6, 6.07) is 0. The molecule has 0 aromatic heterocycles. The van der Waals surface area contributed by atoms with Crippen molar-refractivity contribution in [2.24, 2.45) is 5.92 Å². The SMILES string of the molecule is [CH2]CCC(C)C(=O)OCC=C. The third-order valence-corrected chi connectivity index (χ3v) is 1.38. The minimum absolute atomic E-state index is 0.0348. The van der Waals surface area contributed by atoms with E-state index < -0.39 is 0 Å². The molecule has 0 spiro atoms. The molecule has 0 amide bonds. The molecule has 0 heterocycles. The molecule has 63 valence electrons. The van der Waals surface area contributed by atoms with Crippen molar-refractivity contribution in [2.45, 2.75) is 19.8 Å². The molecule has 0 N–H and O–H groups in total. The lowest BCUT2D eigenvalue weighted by atomic mass is 10.1. The zero-order valence-corrected chi connectivity index (χ0v) is 7.01. The van der Waals surface area contributed by atoms with E-state index in [2.05, 4.69) is 13.5 Å². The van der Waals surface area contributed by atoms with Gasteiger partial charge in [-0.1, -0.05) is 32.9 Å². The lowest BCUT2D eigenvalue weighted by Crippen LogP contribution is -2.14. The first-order valence-electron chi connectivity index (χ1n) is 3.79. The van der Waals surface area contributed by atoms with Gasteiger partial charge in [-0.25, -0.2) is 0 Å². The molecule has 11 heavy (non-hydrogen) atoms. The standard InChI is InChI=1S/C9H15O2/c1-4-6-8(3)9(10)11-7-5-2/h5,8H,1-2,4,6-7H2,3H3. The van der Waals surface area contributed by atoms with Gasteiger partial charge in [-0.05, 0) is 6.42 Å². The fraction of sp³-hybridized carbons (Fsp3) is 0.556. The van der Waals surface area contributed by atoms with Gasteiger partial charge in [0.2, 0.25) is 0 Å². The summed E-state index contributed by atoms with van der Waals surface area (Å²) in [6.45, 7) is 9.26. The molecule has 0 saturated carbocycles. The van der Waals surface area contributed by atoms with Crippen LogP contribution >= 0.6 is 0 Å². The van der Waals surface area contributed by atoms with Crippen LogP contribution in [0.3, 0.4) is 0 Å². The van der Waals surface area contributed by atoms with E-state index in [1.807, 2.05) is 6.92 Å². The van der Waals surface area contributed by atoms with E-state index in [1.165, 1.54) is 0 Å². The predicted molar refractivity (Wildman–Crippen MR) is 44.9 cm³/mol. The summed E-state index contributed by atoms with van der Waals surface area (Å²) < 4.78 is 4.82. The number of rotatable bonds is 5. The van der Waals surface area contributed by atoms with Crippen LogP contribution in [-0.2, 0) is 9.53 Å².